The van der Waals surface area contributed by atoms with Crippen LogP contribution in [0.4, 0.5) is 0 Å². The molecule has 2 aromatic rings. The highest BCUT2D eigenvalue weighted by atomic mass is 17.3. The first-order valence-electron chi connectivity index (χ1n) is 8.65. The van der Waals surface area contributed by atoms with Gasteiger partial charge in [-0.2, -0.15) is 9.78 Å². The maximum absolute atomic E-state index is 6.15. The van der Waals surface area contributed by atoms with Crippen LogP contribution in [0.1, 0.15) is 36.7 Å². The fourth-order valence-corrected chi connectivity index (χ4v) is 4.65. The van der Waals surface area contributed by atoms with Gasteiger partial charge in [0.2, 0.25) is 6.29 Å². The third kappa shape index (κ3) is 2.07. The molecule has 124 valence electrons. The first-order chi connectivity index (χ1) is 11.9. The summed E-state index contributed by atoms with van der Waals surface area (Å²) in [6.45, 7) is 0. The first kappa shape index (κ1) is 14.6. The van der Waals surface area contributed by atoms with Gasteiger partial charge in [0.05, 0.1) is 0 Å². The van der Waals surface area contributed by atoms with E-state index >= 15 is 0 Å². The number of fused-ring (bicyclic) bond motifs is 5. The zero-order valence-corrected chi connectivity index (χ0v) is 13.3. The molecule has 3 aliphatic rings. The van der Waals surface area contributed by atoms with E-state index < -0.39 is 11.9 Å². The normalized spacial score (nSPS) is 37.8. The van der Waals surface area contributed by atoms with E-state index in [1.54, 1.807) is 0 Å². The third-order valence-corrected chi connectivity index (χ3v) is 5.75. The predicted molar refractivity (Wildman–Crippen MR) is 86.3 cm³/mol. The zero-order valence-electron chi connectivity index (χ0n) is 13.3. The highest BCUT2D eigenvalue weighted by molar-refractivity contribution is 5.29. The van der Waals surface area contributed by atoms with Gasteiger partial charge in [-0.25, -0.2) is 9.78 Å². The van der Waals surface area contributed by atoms with Gasteiger partial charge in [0.25, 0.3) is 0 Å². The van der Waals surface area contributed by atoms with Gasteiger partial charge in [-0.15, -0.1) is 0 Å². The van der Waals surface area contributed by atoms with Crippen molar-refractivity contribution in [2.45, 2.75) is 37.3 Å². The third-order valence-electron chi connectivity index (χ3n) is 5.75. The molecule has 2 bridgehead atoms. The minimum Gasteiger partial charge on any atom is -0.226 e. The molecule has 0 amide bonds. The molecule has 0 N–H and O–H groups in total. The first-order valence-corrected chi connectivity index (χ1v) is 8.65. The second-order valence-electron chi connectivity index (χ2n) is 6.96. The summed E-state index contributed by atoms with van der Waals surface area (Å²) >= 11 is 0. The van der Waals surface area contributed by atoms with Crippen LogP contribution in [0.2, 0.25) is 0 Å². The summed E-state index contributed by atoms with van der Waals surface area (Å²) in [7, 11) is 0. The van der Waals surface area contributed by atoms with Crippen molar-refractivity contribution in [2.75, 3.05) is 0 Å². The number of hydrogen-bond acceptors (Lipinski definition) is 4. The number of rotatable bonds is 2. The zero-order chi connectivity index (χ0) is 16.0. The molecular formula is C20H20O4. The minimum absolute atomic E-state index is 0.132. The van der Waals surface area contributed by atoms with Crippen molar-refractivity contribution in [3.8, 4) is 0 Å². The van der Waals surface area contributed by atoms with E-state index in [9.17, 15) is 0 Å². The molecule has 3 fully saturated rings. The molecule has 2 saturated carbocycles. The van der Waals surface area contributed by atoms with Gasteiger partial charge in [0.15, 0.2) is 5.60 Å². The number of hydrogen-bond donors (Lipinski definition) is 0. The Bertz CT molecular complexity index is 704. The Labute approximate surface area is 141 Å². The van der Waals surface area contributed by atoms with Crippen molar-refractivity contribution < 1.29 is 19.6 Å². The molecule has 24 heavy (non-hydrogen) atoms. The highest BCUT2D eigenvalue weighted by Crippen LogP contribution is 2.60. The van der Waals surface area contributed by atoms with Crippen LogP contribution in [0, 0.1) is 11.8 Å². The highest BCUT2D eigenvalue weighted by Gasteiger charge is 2.64. The molecule has 2 aliphatic carbocycles. The Kier molecular flexibility index (Phi) is 3.45. The Morgan fingerprint density at radius 3 is 2.33 bits per heavy atom. The van der Waals surface area contributed by atoms with Gasteiger partial charge in [0, 0.05) is 5.56 Å². The molecule has 1 aliphatic heterocycles. The van der Waals surface area contributed by atoms with E-state index in [1.165, 1.54) is 0 Å². The summed E-state index contributed by atoms with van der Waals surface area (Å²) in [4.78, 5) is 23.5. The summed E-state index contributed by atoms with van der Waals surface area (Å²) in [5.41, 5.74) is 1.42. The summed E-state index contributed by atoms with van der Waals surface area (Å²) in [5, 5.41) is 0. The average molecular weight is 324 g/mol. The molecule has 4 nitrogen and oxygen atoms in total. The van der Waals surface area contributed by atoms with Crippen molar-refractivity contribution in [1.82, 2.24) is 0 Å². The lowest BCUT2D eigenvalue weighted by molar-refractivity contribution is -0.450. The average Bonchev–Trinajstić information content (AvgIpc) is 3.18. The van der Waals surface area contributed by atoms with Crippen LogP contribution >= 0.6 is 0 Å². The van der Waals surface area contributed by atoms with Gasteiger partial charge in [-0.3, -0.25) is 0 Å². The van der Waals surface area contributed by atoms with Crippen molar-refractivity contribution in [3.05, 3.63) is 71.8 Å². The fourth-order valence-electron chi connectivity index (χ4n) is 4.65. The summed E-state index contributed by atoms with van der Waals surface area (Å²) < 4.78 is 0. The predicted octanol–water partition coefficient (Wildman–Crippen LogP) is 4.29. The van der Waals surface area contributed by atoms with Crippen LogP contribution in [0.25, 0.3) is 0 Å². The van der Waals surface area contributed by atoms with E-state index in [0.717, 1.165) is 30.4 Å². The van der Waals surface area contributed by atoms with E-state index in [1.807, 2.05) is 48.5 Å². The summed E-state index contributed by atoms with van der Waals surface area (Å²) in [6, 6.07) is 20.0. The largest absolute Gasteiger partial charge is 0.249 e. The maximum atomic E-state index is 6.15. The summed E-state index contributed by atoms with van der Waals surface area (Å²) in [6.07, 6.45) is 2.59. The van der Waals surface area contributed by atoms with Crippen molar-refractivity contribution >= 4 is 0 Å². The molecule has 0 aromatic heterocycles. The molecule has 2 aromatic carbocycles. The number of benzene rings is 2. The quantitative estimate of drug-likeness (QED) is 0.772. The van der Waals surface area contributed by atoms with E-state index in [-0.39, 0.29) is 6.10 Å². The lowest BCUT2D eigenvalue weighted by atomic mass is 9.77. The van der Waals surface area contributed by atoms with Crippen LogP contribution in [0.5, 0.6) is 0 Å². The summed E-state index contributed by atoms with van der Waals surface area (Å²) in [5.74, 6) is 0.848. The Morgan fingerprint density at radius 1 is 0.792 bits per heavy atom. The fraction of sp³-hybridized carbons (Fsp3) is 0.400. The monoisotopic (exact) mass is 324 g/mol. The molecule has 0 unspecified atom stereocenters. The second kappa shape index (κ2) is 5.67. The van der Waals surface area contributed by atoms with Crippen LogP contribution in [-0.2, 0) is 25.2 Å². The van der Waals surface area contributed by atoms with Crippen LogP contribution in [-0.4, -0.2) is 6.10 Å². The molecule has 0 radical (unpaired) electrons. The van der Waals surface area contributed by atoms with E-state index in [0.29, 0.717) is 11.8 Å². The molecular weight excluding hydrogens is 304 g/mol. The molecule has 1 saturated heterocycles. The lowest BCUT2D eigenvalue weighted by Crippen LogP contribution is -2.46. The van der Waals surface area contributed by atoms with Gasteiger partial charge < -0.3 is 0 Å². The maximum Gasteiger partial charge on any atom is 0.249 e. The van der Waals surface area contributed by atoms with Crippen LogP contribution < -0.4 is 0 Å². The van der Waals surface area contributed by atoms with Gasteiger partial charge in [0.1, 0.15) is 6.10 Å². The Hall–Kier alpha value is -1.72. The van der Waals surface area contributed by atoms with Crippen molar-refractivity contribution in [2.24, 2.45) is 11.8 Å². The lowest BCUT2D eigenvalue weighted by Gasteiger charge is -2.39. The Balaban J connectivity index is 1.52. The molecule has 5 rings (SSSR count). The molecule has 5 atom stereocenters. The SMILES string of the molecule is c1ccc([C@@H]2OO[C@@H]3[C@H]4CC[C@H](C4)[C@]3(c3ccccc3)OO2)cc1. The smallest absolute Gasteiger partial charge is 0.226 e. The van der Waals surface area contributed by atoms with Gasteiger partial charge in [-0.05, 0) is 36.7 Å². The molecule has 0 spiro atoms. The van der Waals surface area contributed by atoms with Gasteiger partial charge in [-0.1, -0.05) is 60.7 Å². The van der Waals surface area contributed by atoms with Crippen LogP contribution in [0.15, 0.2) is 60.7 Å². The Morgan fingerprint density at radius 2 is 1.54 bits per heavy atom. The van der Waals surface area contributed by atoms with Crippen molar-refractivity contribution in [1.29, 1.82) is 0 Å². The molecule has 1 heterocycles. The minimum atomic E-state index is -0.670. The van der Waals surface area contributed by atoms with Crippen molar-refractivity contribution in [3.63, 3.8) is 0 Å². The standard InChI is InChI=1S/C20H20O4/c1-3-7-14(8-4-1)19-22-21-18-15-11-12-17(13-15)20(18,24-23-19)16-9-5-2-6-10-16/h1-10,15,17-19H,11-13H2/t15-,17+,18+,19+,20-/m0/s1. The van der Waals surface area contributed by atoms with Gasteiger partial charge >= 0.3 is 0 Å². The molecule has 4 heteroatoms. The second-order valence-corrected chi connectivity index (χ2v) is 6.96. The van der Waals surface area contributed by atoms with E-state index in [2.05, 4.69) is 12.1 Å². The van der Waals surface area contributed by atoms with E-state index in [4.69, 9.17) is 19.6 Å². The van der Waals surface area contributed by atoms with Crippen LogP contribution in [0.3, 0.4) is 0 Å². The topological polar surface area (TPSA) is 36.9 Å².